The number of carbonyl (C=O) groups is 1. The number of halogens is 3. The van der Waals surface area contributed by atoms with Gasteiger partial charge in [-0.05, 0) is 71.8 Å². The third-order valence-corrected chi connectivity index (χ3v) is 6.83. The minimum absolute atomic E-state index is 0.107. The molecule has 0 N–H and O–H groups in total. The molecule has 1 atom stereocenters. The highest BCUT2D eigenvalue weighted by Gasteiger charge is 2.53. The van der Waals surface area contributed by atoms with Crippen molar-refractivity contribution >= 4 is 47.9 Å². The van der Waals surface area contributed by atoms with Gasteiger partial charge < -0.3 is 14.0 Å². The van der Waals surface area contributed by atoms with Crippen LogP contribution in [0.2, 0.25) is 20.9 Å². The van der Waals surface area contributed by atoms with Crippen LogP contribution in [-0.4, -0.2) is 30.9 Å². The Kier molecular flexibility index (Phi) is 9.78. The molecule has 0 unspecified atom stereocenters. The summed E-state index contributed by atoms with van der Waals surface area (Å²) in [5.41, 5.74) is -0.671. The molecule has 1 heterocycles. The van der Waals surface area contributed by atoms with Crippen LogP contribution in [0.3, 0.4) is 0 Å². The maximum atomic E-state index is 12.5. The maximum Gasteiger partial charge on any atom is 0.461 e. The smallest absolute Gasteiger partial charge is 0.461 e. The molecule has 0 saturated carbocycles. The Morgan fingerprint density at radius 2 is 1.65 bits per heavy atom. The molecule has 0 aromatic heterocycles. The molecule has 0 bridgehead atoms. The average molecular weight is 490 g/mol. The highest BCUT2D eigenvalue weighted by Crippen LogP contribution is 2.42. The molecule has 0 amide bonds. The van der Waals surface area contributed by atoms with Gasteiger partial charge in [0.15, 0.2) is 0 Å². The lowest BCUT2D eigenvalue weighted by Gasteiger charge is -2.32. The van der Waals surface area contributed by atoms with Gasteiger partial charge in [0.2, 0.25) is 0 Å². The summed E-state index contributed by atoms with van der Waals surface area (Å²) in [6.45, 7) is 10.4. The fourth-order valence-electron chi connectivity index (χ4n) is 3.45. The normalized spacial score (nSPS) is 18.5. The SMILES string of the molecule is C/C=C/CCCC[C@H](CCOC(=O)c1c(Cl)cc(Cl)cc1Cl)B1OC(C)(C)C(C)(C)O1. The Labute approximate surface area is 201 Å². The van der Waals surface area contributed by atoms with Gasteiger partial charge in [0, 0.05) is 5.02 Å². The minimum atomic E-state index is -0.563. The van der Waals surface area contributed by atoms with E-state index in [1.165, 1.54) is 12.1 Å². The molecule has 31 heavy (non-hydrogen) atoms. The molecule has 1 fully saturated rings. The van der Waals surface area contributed by atoms with Gasteiger partial charge in [-0.2, -0.15) is 0 Å². The Morgan fingerprint density at radius 3 is 2.19 bits per heavy atom. The Hall–Kier alpha value is -0.715. The number of hydrogen-bond donors (Lipinski definition) is 0. The zero-order chi connectivity index (χ0) is 23.2. The van der Waals surface area contributed by atoms with E-state index in [9.17, 15) is 4.79 Å². The van der Waals surface area contributed by atoms with Gasteiger partial charge in [-0.25, -0.2) is 4.79 Å². The quantitative estimate of drug-likeness (QED) is 0.146. The van der Waals surface area contributed by atoms with Crippen molar-refractivity contribution in [2.75, 3.05) is 6.61 Å². The molecule has 0 spiro atoms. The van der Waals surface area contributed by atoms with Gasteiger partial charge in [-0.3, -0.25) is 0 Å². The van der Waals surface area contributed by atoms with Crippen LogP contribution in [0, 0.1) is 0 Å². The first-order valence-electron chi connectivity index (χ1n) is 10.8. The number of ether oxygens (including phenoxy) is 1. The van der Waals surface area contributed by atoms with Crippen LogP contribution in [0.4, 0.5) is 0 Å². The minimum Gasteiger partial charge on any atom is -0.462 e. The summed E-state index contributed by atoms with van der Waals surface area (Å²) >= 11 is 18.2. The van der Waals surface area contributed by atoms with E-state index >= 15 is 0 Å². The van der Waals surface area contributed by atoms with Gasteiger partial charge in [0.05, 0.1) is 33.4 Å². The predicted molar refractivity (Wildman–Crippen MR) is 129 cm³/mol. The number of esters is 1. The van der Waals surface area contributed by atoms with E-state index in [-0.39, 0.29) is 35.2 Å². The van der Waals surface area contributed by atoms with E-state index in [2.05, 4.69) is 12.2 Å². The molecule has 1 saturated heterocycles. The van der Waals surface area contributed by atoms with Crippen LogP contribution >= 0.6 is 34.8 Å². The molecule has 1 aliphatic rings. The number of benzene rings is 1. The summed E-state index contributed by atoms with van der Waals surface area (Å²) in [7, 11) is -0.340. The largest absolute Gasteiger partial charge is 0.462 e. The summed E-state index contributed by atoms with van der Waals surface area (Å²) in [5.74, 6) is -0.456. The van der Waals surface area contributed by atoms with E-state index in [4.69, 9.17) is 48.8 Å². The number of allylic oxidation sites excluding steroid dienone is 2. The van der Waals surface area contributed by atoms with Crippen molar-refractivity contribution in [1.29, 1.82) is 0 Å². The fourth-order valence-corrected chi connectivity index (χ4v) is 4.42. The van der Waals surface area contributed by atoms with Crippen molar-refractivity contribution < 1.29 is 18.8 Å². The second-order valence-electron chi connectivity index (χ2n) is 8.91. The third-order valence-electron chi connectivity index (χ3n) is 6.02. The molecule has 1 aromatic carbocycles. The van der Waals surface area contributed by atoms with Crippen molar-refractivity contribution in [1.82, 2.24) is 0 Å². The van der Waals surface area contributed by atoms with Crippen LogP contribution in [0.25, 0.3) is 0 Å². The summed E-state index contributed by atoms with van der Waals surface area (Å²) in [6.07, 6.45) is 8.97. The molecule has 0 radical (unpaired) electrons. The number of carbonyl (C=O) groups excluding carboxylic acids is 1. The van der Waals surface area contributed by atoms with Gasteiger partial charge in [0.1, 0.15) is 0 Å². The Bertz CT molecular complexity index is 756. The molecular formula is C23H32BCl3O4. The first kappa shape index (κ1) is 26.5. The summed E-state index contributed by atoms with van der Waals surface area (Å²) in [6, 6.07) is 2.95. The van der Waals surface area contributed by atoms with E-state index in [1.54, 1.807) is 0 Å². The fraction of sp³-hybridized carbons (Fsp3) is 0.609. The van der Waals surface area contributed by atoms with Crippen molar-refractivity contribution in [2.24, 2.45) is 0 Å². The maximum absolute atomic E-state index is 12.5. The lowest BCUT2D eigenvalue weighted by Crippen LogP contribution is -2.41. The zero-order valence-electron chi connectivity index (χ0n) is 19.0. The van der Waals surface area contributed by atoms with Crippen LogP contribution < -0.4 is 0 Å². The first-order chi connectivity index (χ1) is 14.5. The lowest BCUT2D eigenvalue weighted by molar-refractivity contribution is 0.00578. The second kappa shape index (κ2) is 11.4. The topological polar surface area (TPSA) is 44.8 Å². The third kappa shape index (κ3) is 7.13. The highest BCUT2D eigenvalue weighted by molar-refractivity contribution is 6.47. The molecule has 4 nitrogen and oxygen atoms in total. The number of hydrogen-bond acceptors (Lipinski definition) is 4. The van der Waals surface area contributed by atoms with E-state index in [0.29, 0.717) is 11.4 Å². The number of rotatable bonds is 10. The summed E-state index contributed by atoms with van der Waals surface area (Å²) in [5, 5.41) is 0.716. The molecule has 8 heteroatoms. The molecule has 172 valence electrons. The van der Waals surface area contributed by atoms with Crippen LogP contribution in [0.1, 0.15) is 77.1 Å². The van der Waals surface area contributed by atoms with Crippen LogP contribution in [0.15, 0.2) is 24.3 Å². The summed E-state index contributed by atoms with van der Waals surface area (Å²) in [4.78, 5) is 12.5. The lowest BCUT2D eigenvalue weighted by atomic mass is 9.67. The van der Waals surface area contributed by atoms with Gasteiger partial charge in [0.25, 0.3) is 0 Å². The first-order valence-corrected chi connectivity index (χ1v) is 11.9. The molecule has 2 rings (SSSR count). The van der Waals surface area contributed by atoms with Crippen LogP contribution in [-0.2, 0) is 14.0 Å². The predicted octanol–water partition coefficient (Wildman–Crippen LogP) is 7.79. The monoisotopic (exact) mass is 488 g/mol. The molecule has 1 aromatic rings. The molecular weight excluding hydrogens is 457 g/mol. The van der Waals surface area contributed by atoms with Gasteiger partial charge in [-0.15, -0.1) is 0 Å². The van der Waals surface area contributed by atoms with Gasteiger partial charge >= 0.3 is 13.1 Å². The Morgan fingerprint density at radius 1 is 1.06 bits per heavy atom. The number of unbranched alkanes of at least 4 members (excludes halogenated alkanes) is 2. The zero-order valence-corrected chi connectivity index (χ0v) is 21.2. The average Bonchev–Trinajstić information content (AvgIpc) is 2.86. The molecule has 0 aliphatic carbocycles. The van der Waals surface area contributed by atoms with Crippen molar-refractivity contribution in [2.45, 2.75) is 83.7 Å². The highest BCUT2D eigenvalue weighted by atomic mass is 35.5. The molecule has 1 aliphatic heterocycles. The Balaban J connectivity index is 2.00. The van der Waals surface area contributed by atoms with Crippen molar-refractivity contribution in [3.8, 4) is 0 Å². The van der Waals surface area contributed by atoms with E-state index in [1.807, 2.05) is 34.6 Å². The van der Waals surface area contributed by atoms with E-state index in [0.717, 1.165) is 25.7 Å². The van der Waals surface area contributed by atoms with E-state index < -0.39 is 17.2 Å². The van der Waals surface area contributed by atoms with Crippen molar-refractivity contribution in [3.05, 3.63) is 44.9 Å². The van der Waals surface area contributed by atoms with Crippen molar-refractivity contribution in [3.63, 3.8) is 0 Å². The van der Waals surface area contributed by atoms with Crippen LogP contribution in [0.5, 0.6) is 0 Å². The summed E-state index contributed by atoms with van der Waals surface area (Å²) < 4.78 is 18.0. The standard InChI is InChI=1S/C23H32BCl3O4/c1-6-7-8-9-10-11-16(24-30-22(2,3)23(4,5)31-24)12-13-29-21(28)20-18(26)14-17(25)15-19(20)27/h6-7,14-16H,8-13H2,1-5H3/b7-6+/t16-/m1/s1. The van der Waals surface area contributed by atoms with Gasteiger partial charge in [-0.1, -0.05) is 59.8 Å². The second-order valence-corrected chi connectivity index (χ2v) is 10.2.